The van der Waals surface area contributed by atoms with Crippen molar-refractivity contribution in [3.63, 3.8) is 0 Å². The third-order valence-electron chi connectivity index (χ3n) is 6.35. The Morgan fingerprint density at radius 1 is 1.13 bits per heavy atom. The minimum absolute atomic E-state index is 0.0508. The molecule has 1 aliphatic heterocycles. The first-order valence-corrected chi connectivity index (χ1v) is 13.9. The van der Waals surface area contributed by atoms with Crippen LogP contribution in [0.5, 0.6) is 0 Å². The number of Topliss-reactive ketones (excluding diaryl/α,β-unsaturated/α-hetero) is 1. The number of nitrogens with one attached hydrogen (secondary N) is 2. The monoisotopic (exact) mass is 543 g/mol. The van der Waals surface area contributed by atoms with E-state index in [1.54, 1.807) is 18.2 Å². The van der Waals surface area contributed by atoms with E-state index in [9.17, 15) is 27.2 Å². The lowest BCUT2D eigenvalue weighted by molar-refractivity contribution is -0.129. The van der Waals surface area contributed by atoms with Gasteiger partial charge >= 0.3 is 0 Å². The van der Waals surface area contributed by atoms with Crippen LogP contribution in [0.25, 0.3) is 11.0 Å². The first-order valence-electron chi connectivity index (χ1n) is 12.4. The molecule has 0 saturated carbocycles. The van der Waals surface area contributed by atoms with Gasteiger partial charge < -0.3 is 15.1 Å². The molecule has 4 rings (SSSR count). The van der Waals surface area contributed by atoms with Crippen molar-refractivity contribution in [2.75, 3.05) is 13.1 Å². The molecule has 0 radical (unpaired) electrons. The zero-order valence-corrected chi connectivity index (χ0v) is 22.0. The van der Waals surface area contributed by atoms with E-state index in [2.05, 4.69) is 10.6 Å². The van der Waals surface area contributed by atoms with Crippen molar-refractivity contribution in [3.05, 3.63) is 66.2 Å². The number of halogens is 1. The van der Waals surface area contributed by atoms with E-state index in [1.165, 1.54) is 12.1 Å². The largest absolute Gasteiger partial charge is 0.451 e. The molecule has 38 heavy (non-hydrogen) atoms. The Labute approximate surface area is 220 Å². The number of hydrogen-bond acceptors (Lipinski definition) is 6. The zero-order valence-electron chi connectivity index (χ0n) is 21.1. The molecule has 2 atom stereocenters. The second-order valence-corrected chi connectivity index (χ2v) is 11.7. The van der Waals surface area contributed by atoms with E-state index in [0.717, 1.165) is 21.8 Å². The fourth-order valence-electron chi connectivity index (χ4n) is 4.43. The lowest BCUT2D eigenvalue weighted by Crippen LogP contribution is -2.52. The van der Waals surface area contributed by atoms with Gasteiger partial charge in [0, 0.05) is 11.9 Å². The van der Waals surface area contributed by atoms with Crippen molar-refractivity contribution in [1.29, 1.82) is 0 Å². The minimum atomic E-state index is -4.09. The van der Waals surface area contributed by atoms with E-state index < -0.39 is 52.1 Å². The number of fused-ring (bicyclic) bond motifs is 1. The van der Waals surface area contributed by atoms with Crippen molar-refractivity contribution in [2.45, 2.75) is 50.1 Å². The first-order chi connectivity index (χ1) is 18.0. The molecule has 2 aromatic carbocycles. The molecule has 2 amide bonds. The molecule has 1 unspecified atom stereocenters. The van der Waals surface area contributed by atoms with Gasteiger partial charge in [0.05, 0.1) is 17.5 Å². The number of rotatable bonds is 8. The van der Waals surface area contributed by atoms with Crippen LogP contribution in [0, 0.1) is 11.7 Å². The van der Waals surface area contributed by atoms with Gasteiger partial charge in [0.15, 0.2) is 11.5 Å². The van der Waals surface area contributed by atoms with Crippen molar-refractivity contribution in [1.82, 2.24) is 14.9 Å². The summed E-state index contributed by atoms with van der Waals surface area (Å²) in [6.07, 6.45) is 0.857. The van der Waals surface area contributed by atoms with Crippen LogP contribution in [0.2, 0.25) is 0 Å². The number of para-hydroxylation sites is 1. The van der Waals surface area contributed by atoms with E-state index in [0.29, 0.717) is 18.4 Å². The Kier molecular flexibility index (Phi) is 8.27. The summed E-state index contributed by atoms with van der Waals surface area (Å²) in [5.41, 5.74) is 0.546. The Bertz CT molecular complexity index is 1420. The third-order valence-corrected chi connectivity index (χ3v) is 8.19. The number of hydrogen-bond donors (Lipinski definition) is 2. The molecule has 202 valence electrons. The molecule has 11 heteroatoms. The third kappa shape index (κ3) is 6.28. The van der Waals surface area contributed by atoms with Gasteiger partial charge in [-0.2, -0.15) is 4.31 Å². The van der Waals surface area contributed by atoms with Gasteiger partial charge in [-0.05, 0) is 55.5 Å². The number of ketones is 1. The second kappa shape index (κ2) is 11.4. The number of carbonyl (C=O) groups is 3. The normalized spacial score (nSPS) is 17.8. The highest BCUT2D eigenvalue weighted by Crippen LogP contribution is 2.21. The van der Waals surface area contributed by atoms with Crippen molar-refractivity contribution in [3.8, 4) is 0 Å². The summed E-state index contributed by atoms with van der Waals surface area (Å²) < 4.78 is 46.2. The predicted octanol–water partition coefficient (Wildman–Crippen LogP) is 3.26. The standard InChI is InChI=1S/C27H30FN3O6S/c1-17(2)13-22(30-27(34)25-14-18-7-3-4-11-24(18)37-25)26(33)29-21-10-6-12-31(16-23(21)32)38(35,36)20-9-5-8-19(28)15-20/h3-5,7-9,11,14-15,17,21-22H,6,10,12-13,16H2,1-2H3,(H,29,33)(H,30,34)/t21-,22?/m0/s1. The molecule has 2 heterocycles. The molecule has 1 fully saturated rings. The molecule has 0 bridgehead atoms. The highest BCUT2D eigenvalue weighted by atomic mass is 32.2. The Morgan fingerprint density at radius 3 is 2.61 bits per heavy atom. The highest BCUT2D eigenvalue weighted by molar-refractivity contribution is 7.89. The SMILES string of the molecule is CC(C)CC(NC(=O)c1cc2ccccc2o1)C(=O)N[C@H]1CCCN(S(=O)(=O)c2cccc(F)c2)CC1=O. The van der Waals surface area contributed by atoms with Crippen LogP contribution in [0.4, 0.5) is 4.39 Å². The van der Waals surface area contributed by atoms with Gasteiger partial charge in [-0.1, -0.05) is 38.1 Å². The lowest BCUT2D eigenvalue weighted by atomic mass is 10.0. The lowest BCUT2D eigenvalue weighted by Gasteiger charge is -2.23. The molecule has 0 spiro atoms. The maximum atomic E-state index is 13.6. The summed E-state index contributed by atoms with van der Waals surface area (Å²) in [4.78, 5) is 38.8. The molecule has 1 saturated heterocycles. The fourth-order valence-corrected chi connectivity index (χ4v) is 5.91. The first kappa shape index (κ1) is 27.5. The van der Waals surface area contributed by atoms with Crippen LogP contribution in [0.3, 0.4) is 0 Å². The number of nitrogens with zero attached hydrogens (tertiary/aromatic N) is 1. The maximum Gasteiger partial charge on any atom is 0.287 e. The Morgan fingerprint density at radius 2 is 1.89 bits per heavy atom. The van der Waals surface area contributed by atoms with Crippen LogP contribution in [0.1, 0.15) is 43.7 Å². The summed E-state index contributed by atoms with van der Waals surface area (Å²) in [6, 6.07) is 11.5. The van der Waals surface area contributed by atoms with Gasteiger partial charge in [0.2, 0.25) is 15.9 Å². The van der Waals surface area contributed by atoms with Gasteiger partial charge in [0.25, 0.3) is 5.91 Å². The van der Waals surface area contributed by atoms with E-state index >= 15 is 0 Å². The van der Waals surface area contributed by atoms with Gasteiger partial charge in [-0.15, -0.1) is 0 Å². The number of sulfonamides is 1. The molecule has 0 aliphatic carbocycles. The Hall–Kier alpha value is -3.57. The van der Waals surface area contributed by atoms with Gasteiger partial charge in [0.1, 0.15) is 17.4 Å². The summed E-state index contributed by atoms with van der Waals surface area (Å²) in [6.45, 7) is 3.40. The molecular formula is C27H30FN3O6S. The van der Waals surface area contributed by atoms with Crippen molar-refractivity contribution >= 4 is 38.6 Å². The maximum absolute atomic E-state index is 13.6. The van der Waals surface area contributed by atoms with E-state index in [-0.39, 0.29) is 29.5 Å². The quantitative estimate of drug-likeness (QED) is 0.449. The average molecular weight is 544 g/mol. The number of benzene rings is 2. The topological polar surface area (TPSA) is 126 Å². The van der Waals surface area contributed by atoms with Gasteiger partial charge in [-0.3, -0.25) is 14.4 Å². The van der Waals surface area contributed by atoms with Crippen LogP contribution in [0.15, 0.2) is 63.9 Å². The van der Waals surface area contributed by atoms with Crippen molar-refractivity contribution in [2.24, 2.45) is 5.92 Å². The molecular weight excluding hydrogens is 513 g/mol. The van der Waals surface area contributed by atoms with Crippen molar-refractivity contribution < 1.29 is 31.6 Å². The fraction of sp³-hybridized carbons (Fsp3) is 0.370. The number of amides is 2. The van der Waals surface area contributed by atoms with Crippen LogP contribution >= 0.6 is 0 Å². The summed E-state index contributed by atoms with van der Waals surface area (Å²) in [5, 5.41) is 6.16. The van der Waals surface area contributed by atoms with Crippen LogP contribution in [-0.2, 0) is 19.6 Å². The minimum Gasteiger partial charge on any atom is -0.451 e. The van der Waals surface area contributed by atoms with E-state index in [1.807, 2.05) is 26.0 Å². The number of furan rings is 1. The summed E-state index contributed by atoms with van der Waals surface area (Å²) in [5.74, 6) is -2.15. The molecule has 1 aliphatic rings. The van der Waals surface area contributed by atoms with Crippen LogP contribution < -0.4 is 10.6 Å². The smallest absolute Gasteiger partial charge is 0.287 e. The summed E-state index contributed by atoms with van der Waals surface area (Å²) in [7, 11) is -4.09. The Balaban J connectivity index is 1.44. The van der Waals surface area contributed by atoms with Gasteiger partial charge in [-0.25, -0.2) is 12.8 Å². The second-order valence-electron chi connectivity index (χ2n) is 9.77. The highest BCUT2D eigenvalue weighted by Gasteiger charge is 2.34. The molecule has 9 nitrogen and oxygen atoms in total. The average Bonchev–Trinajstić information content (AvgIpc) is 3.22. The van der Waals surface area contributed by atoms with Crippen LogP contribution in [-0.4, -0.2) is 55.5 Å². The van der Waals surface area contributed by atoms with E-state index in [4.69, 9.17) is 4.42 Å². The zero-order chi connectivity index (χ0) is 27.4. The predicted molar refractivity (Wildman–Crippen MR) is 138 cm³/mol. The summed E-state index contributed by atoms with van der Waals surface area (Å²) >= 11 is 0. The molecule has 1 aromatic heterocycles. The molecule has 2 N–H and O–H groups in total. The number of carbonyl (C=O) groups excluding carboxylic acids is 3. The molecule has 3 aromatic rings.